The molecule has 1 saturated carbocycles. The van der Waals surface area contributed by atoms with Gasteiger partial charge < -0.3 is 9.47 Å². The number of carbonyl (C=O) groups is 2. The van der Waals surface area contributed by atoms with Gasteiger partial charge in [0.25, 0.3) is 0 Å². The molecule has 0 heterocycles. The fourth-order valence-electron chi connectivity index (χ4n) is 4.54. The quantitative estimate of drug-likeness (QED) is 0.575. The summed E-state index contributed by atoms with van der Waals surface area (Å²) in [5.41, 5.74) is 2.88. The minimum absolute atomic E-state index is 0.138. The van der Waals surface area contributed by atoms with Gasteiger partial charge in [-0.2, -0.15) is 0 Å². The maximum absolute atomic E-state index is 12.6. The lowest BCUT2D eigenvalue weighted by molar-refractivity contribution is -0.145. The van der Waals surface area contributed by atoms with E-state index in [0.717, 1.165) is 44.1 Å². The van der Waals surface area contributed by atoms with Crippen molar-refractivity contribution in [2.45, 2.75) is 71.5 Å². The van der Waals surface area contributed by atoms with E-state index in [2.05, 4.69) is 13.8 Å². The Kier molecular flexibility index (Phi) is 5.49. The van der Waals surface area contributed by atoms with Crippen molar-refractivity contribution in [1.29, 1.82) is 0 Å². The number of rotatable bonds is 3. The summed E-state index contributed by atoms with van der Waals surface area (Å²) in [4.78, 5) is 24.0. The maximum Gasteiger partial charge on any atom is 0.338 e. The van der Waals surface area contributed by atoms with Crippen molar-refractivity contribution in [2.75, 3.05) is 0 Å². The van der Waals surface area contributed by atoms with Crippen LogP contribution in [0.5, 0.6) is 0 Å². The number of hydrogen-bond donors (Lipinski definition) is 0. The molecule has 0 aliphatic heterocycles. The summed E-state index contributed by atoms with van der Waals surface area (Å²) >= 11 is 0. The average molecular weight is 356 g/mol. The summed E-state index contributed by atoms with van der Waals surface area (Å²) in [5.74, 6) is -0.489. The first-order valence-electron chi connectivity index (χ1n) is 9.55. The minimum atomic E-state index is -0.252. The van der Waals surface area contributed by atoms with Crippen LogP contribution in [-0.2, 0) is 14.3 Å². The smallest absolute Gasteiger partial charge is 0.338 e. The van der Waals surface area contributed by atoms with E-state index in [4.69, 9.17) is 9.47 Å². The summed E-state index contributed by atoms with van der Waals surface area (Å²) in [7, 11) is 0. The average Bonchev–Trinajstić information content (AvgIpc) is 2.78. The van der Waals surface area contributed by atoms with Gasteiger partial charge in [0.15, 0.2) is 0 Å². The Morgan fingerprint density at radius 1 is 1.08 bits per heavy atom. The lowest BCUT2D eigenvalue weighted by Crippen LogP contribution is -2.42. The van der Waals surface area contributed by atoms with E-state index in [0.29, 0.717) is 5.56 Å². The number of fused-ring (bicyclic) bond motifs is 1. The van der Waals surface area contributed by atoms with E-state index in [1.165, 1.54) is 12.5 Å². The summed E-state index contributed by atoms with van der Waals surface area (Å²) in [5, 5.41) is 0. The van der Waals surface area contributed by atoms with Gasteiger partial charge >= 0.3 is 11.9 Å². The Hall–Kier alpha value is -2.10. The maximum atomic E-state index is 12.6. The zero-order chi connectivity index (χ0) is 18.7. The van der Waals surface area contributed by atoms with Crippen molar-refractivity contribution in [2.24, 2.45) is 5.41 Å². The summed E-state index contributed by atoms with van der Waals surface area (Å²) in [6.07, 6.45) is 5.35. The molecule has 1 aromatic rings. The van der Waals surface area contributed by atoms with Gasteiger partial charge in [0, 0.05) is 12.3 Å². The SMILES string of the molecule is CC(=O)O[C@@H]1CC[C@]2(C)C(=C1C)CCCC[C@H]2OC(=O)c1ccccc1. The van der Waals surface area contributed by atoms with Crippen molar-refractivity contribution < 1.29 is 19.1 Å². The molecule has 0 amide bonds. The monoisotopic (exact) mass is 356 g/mol. The second-order valence-electron chi connectivity index (χ2n) is 7.72. The predicted octanol–water partition coefficient (Wildman–Crippen LogP) is 4.83. The van der Waals surface area contributed by atoms with Crippen LogP contribution >= 0.6 is 0 Å². The first-order chi connectivity index (χ1) is 12.4. The van der Waals surface area contributed by atoms with Crippen LogP contribution in [0.15, 0.2) is 41.5 Å². The van der Waals surface area contributed by atoms with Gasteiger partial charge in [0.2, 0.25) is 0 Å². The molecule has 0 bridgehead atoms. The van der Waals surface area contributed by atoms with Crippen molar-refractivity contribution in [3.05, 3.63) is 47.0 Å². The fraction of sp³-hybridized carbons (Fsp3) is 0.545. The number of hydrogen-bond acceptors (Lipinski definition) is 4. The molecule has 2 aliphatic rings. The van der Waals surface area contributed by atoms with Gasteiger partial charge in [-0.1, -0.05) is 30.7 Å². The van der Waals surface area contributed by atoms with E-state index >= 15 is 0 Å². The molecule has 0 aromatic heterocycles. The first-order valence-corrected chi connectivity index (χ1v) is 9.55. The third-order valence-electron chi connectivity index (χ3n) is 5.99. The molecule has 140 valence electrons. The Morgan fingerprint density at radius 3 is 2.50 bits per heavy atom. The molecular formula is C22H28O4. The highest BCUT2D eigenvalue weighted by molar-refractivity contribution is 5.89. The van der Waals surface area contributed by atoms with Crippen molar-refractivity contribution in [3.63, 3.8) is 0 Å². The standard InChI is InChI=1S/C22H28O4/c1-15-18-11-7-8-12-20(26-21(24)17-9-5-4-6-10-17)22(18,3)14-13-19(15)25-16(2)23/h4-6,9-10,19-20H,7-8,11-14H2,1-3H3/t19-,20-,22-/m1/s1. The van der Waals surface area contributed by atoms with E-state index in [-0.39, 0.29) is 29.6 Å². The Morgan fingerprint density at radius 2 is 1.81 bits per heavy atom. The molecule has 0 spiro atoms. The highest BCUT2D eigenvalue weighted by Crippen LogP contribution is 2.50. The molecule has 0 N–H and O–H groups in total. The Bertz CT molecular complexity index is 706. The zero-order valence-electron chi connectivity index (χ0n) is 15.9. The predicted molar refractivity (Wildman–Crippen MR) is 99.7 cm³/mol. The number of ether oxygens (including phenoxy) is 2. The van der Waals surface area contributed by atoms with Crippen LogP contribution in [0.4, 0.5) is 0 Å². The summed E-state index contributed by atoms with van der Waals surface area (Å²) < 4.78 is 11.5. The van der Waals surface area contributed by atoms with Crippen molar-refractivity contribution in [1.82, 2.24) is 0 Å². The van der Waals surface area contributed by atoms with Crippen LogP contribution in [0.2, 0.25) is 0 Å². The molecule has 0 unspecified atom stereocenters. The van der Waals surface area contributed by atoms with E-state index < -0.39 is 0 Å². The van der Waals surface area contributed by atoms with E-state index in [1.54, 1.807) is 12.1 Å². The molecule has 2 aliphatic carbocycles. The molecule has 4 nitrogen and oxygen atoms in total. The molecule has 3 atom stereocenters. The van der Waals surface area contributed by atoms with Gasteiger partial charge in [-0.3, -0.25) is 4.79 Å². The minimum Gasteiger partial charge on any atom is -0.458 e. The van der Waals surface area contributed by atoms with Gasteiger partial charge in [-0.15, -0.1) is 0 Å². The van der Waals surface area contributed by atoms with Gasteiger partial charge in [0.05, 0.1) is 5.56 Å². The molecule has 0 radical (unpaired) electrons. The number of carbonyl (C=O) groups excluding carboxylic acids is 2. The zero-order valence-corrected chi connectivity index (χ0v) is 15.9. The van der Waals surface area contributed by atoms with Crippen LogP contribution in [0.25, 0.3) is 0 Å². The van der Waals surface area contributed by atoms with Crippen molar-refractivity contribution >= 4 is 11.9 Å². The van der Waals surface area contributed by atoms with Crippen LogP contribution in [0.1, 0.15) is 69.7 Å². The Labute approximate surface area is 155 Å². The number of benzene rings is 1. The highest BCUT2D eigenvalue weighted by atomic mass is 16.5. The van der Waals surface area contributed by atoms with Crippen LogP contribution in [0.3, 0.4) is 0 Å². The largest absolute Gasteiger partial charge is 0.458 e. The van der Waals surface area contributed by atoms with Gasteiger partial charge in [-0.05, 0) is 63.2 Å². The third-order valence-corrected chi connectivity index (χ3v) is 5.99. The third kappa shape index (κ3) is 3.69. The van der Waals surface area contributed by atoms with Crippen LogP contribution in [0, 0.1) is 5.41 Å². The second kappa shape index (κ2) is 7.65. The molecule has 4 heteroatoms. The normalized spacial score (nSPS) is 28.7. The number of esters is 2. The lowest BCUT2D eigenvalue weighted by atomic mass is 9.66. The van der Waals surface area contributed by atoms with Crippen molar-refractivity contribution in [3.8, 4) is 0 Å². The molecule has 0 saturated heterocycles. The van der Waals surface area contributed by atoms with Gasteiger partial charge in [0.1, 0.15) is 12.2 Å². The highest BCUT2D eigenvalue weighted by Gasteiger charge is 2.46. The topological polar surface area (TPSA) is 52.6 Å². The summed E-state index contributed by atoms with van der Waals surface area (Å²) in [6.45, 7) is 5.75. The lowest BCUT2D eigenvalue weighted by Gasteiger charge is -2.43. The van der Waals surface area contributed by atoms with E-state index in [9.17, 15) is 9.59 Å². The molecule has 1 aromatic carbocycles. The molecular weight excluding hydrogens is 328 g/mol. The van der Waals surface area contributed by atoms with Crippen LogP contribution < -0.4 is 0 Å². The molecule has 1 fully saturated rings. The summed E-state index contributed by atoms with van der Waals surface area (Å²) in [6, 6.07) is 9.18. The van der Waals surface area contributed by atoms with Crippen LogP contribution in [-0.4, -0.2) is 24.1 Å². The molecule has 26 heavy (non-hydrogen) atoms. The molecule has 3 rings (SSSR count). The Balaban J connectivity index is 1.87. The first kappa shape index (κ1) is 18.7. The second-order valence-corrected chi connectivity index (χ2v) is 7.72. The van der Waals surface area contributed by atoms with Gasteiger partial charge in [-0.25, -0.2) is 4.79 Å². The fourth-order valence-corrected chi connectivity index (χ4v) is 4.54. The van der Waals surface area contributed by atoms with E-state index in [1.807, 2.05) is 18.2 Å².